The number of nitrogens with zero attached hydrogens (tertiary/aromatic N) is 2. The number of benzene rings is 2. The van der Waals surface area contributed by atoms with Gasteiger partial charge in [0.1, 0.15) is 0 Å². The third-order valence-electron chi connectivity index (χ3n) is 3.20. The zero-order valence-corrected chi connectivity index (χ0v) is 11.2. The molecule has 0 aliphatic heterocycles. The Morgan fingerprint density at radius 1 is 0.947 bits per heavy atom. The zero-order valence-electron chi connectivity index (χ0n) is 11.2. The van der Waals surface area contributed by atoms with Crippen molar-refractivity contribution in [2.45, 2.75) is 12.8 Å². The van der Waals surface area contributed by atoms with E-state index < -0.39 is 0 Å². The Hall–Kier alpha value is -2.27. The summed E-state index contributed by atoms with van der Waals surface area (Å²) in [6.45, 7) is 0.915. The van der Waals surface area contributed by atoms with Crippen LogP contribution in [0.25, 0.3) is 11.1 Å². The Labute approximate surface area is 114 Å². The topological polar surface area (TPSA) is 27.0 Å². The Kier molecular flexibility index (Phi) is 4.58. The van der Waals surface area contributed by atoms with Gasteiger partial charge in [0.25, 0.3) is 0 Å². The SMILES string of the molecule is CN(CCCC#N)c1ccc(-c2ccccc2)cc1. The van der Waals surface area contributed by atoms with Crippen LogP contribution in [-0.4, -0.2) is 13.6 Å². The summed E-state index contributed by atoms with van der Waals surface area (Å²) >= 11 is 0. The van der Waals surface area contributed by atoms with Crippen LogP contribution in [0.5, 0.6) is 0 Å². The van der Waals surface area contributed by atoms with E-state index in [0.717, 1.165) is 13.0 Å². The van der Waals surface area contributed by atoms with Gasteiger partial charge in [-0.25, -0.2) is 0 Å². The van der Waals surface area contributed by atoms with E-state index in [2.05, 4.69) is 66.5 Å². The van der Waals surface area contributed by atoms with E-state index in [9.17, 15) is 0 Å². The Morgan fingerprint density at radius 2 is 1.58 bits per heavy atom. The molecule has 0 aromatic heterocycles. The summed E-state index contributed by atoms with van der Waals surface area (Å²) in [4.78, 5) is 2.19. The highest BCUT2D eigenvalue weighted by molar-refractivity contribution is 5.66. The lowest BCUT2D eigenvalue weighted by Crippen LogP contribution is -2.18. The van der Waals surface area contributed by atoms with E-state index in [-0.39, 0.29) is 0 Å². The molecule has 0 aliphatic carbocycles. The molecular weight excluding hydrogens is 232 g/mol. The molecule has 2 heteroatoms. The van der Waals surface area contributed by atoms with Crippen molar-refractivity contribution in [3.63, 3.8) is 0 Å². The number of unbranched alkanes of at least 4 members (excludes halogenated alkanes) is 1. The molecule has 19 heavy (non-hydrogen) atoms. The Bertz CT molecular complexity index is 538. The first-order valence-corrected chi connectivity index (χ1v) is 6.55. The predicted octanol–water partition coefficient (Wildman–Crippen LogP) is 4.09. The van der Waals surface area contributed by atoms with Crippen LogP contribution >= 0.6 is 0 Å². The van der Waals surface area contributed by atoms with E-state index in [1.807, 2.05) is 6.07 Å². The van der Waals surface area contributed by atoms with Crippen molar-refractivity contribution in [2.24, 2.45) is 0 Å². The molecule has 0 aliphatic rings. The summed E-state index contributed by atoms with van der Waals surface area (Å²) in [5.41, 5.74) is 3.66. The van der Waals surface area contributed by atoms with Crippen molar-refractivity contribution in [1.82, 2.24) is 0 Å². The summed E-state index contributed by atoms with van der Waals surface area (Å²) in [6.07, 6.45) is 1.53. The number of anilines is 1. The molecule has 0 bridgehead atoms. The molecule has 0 radical (unpaired) electrons. The van der Waals surface area contributed by atoms with Gasteiger partial charge in [0.15, 0.2) is 0 Å². The maximum absolute atomic E-state index is 8.54. The maximum Gasteiger partial charge on any atom is 0.0622 e. The standard InChI is InChI=1S/C17H18N2/c1-19(14-6-5-13-18)17-11-9-16(10-12-17)15-7-3-2-4-8-15/h2-4,7-12H,5-6,14H2,1H3. The average molecular weight is 250 g/mol. The normalized spacial score (nSPS) is 9.89. The summed E-state index contributed by atoms with van der Waals surface area (Å²) in [5, 5.41) is 8.54. The molecule has 2 nitrogen and oxygen atoms in total. The molecule has 96 valence electrons. The fourth-order valence-electron chi connectivity index (χ4n) is 2.06. The molecule has 0 saturated heterocycles. The largest absolute Gasteiger partial charge is 0.375 e. The lowest BCUT2D eigenvalue weighted by atomic mass is 10.1. The van der Waals surface area contributed by atoms with Gasteiger partial charge in [0, 0.05) is 25.7 Å². The van der Waals surface area contributed by atoms with Crippen LogP contribution in [0, 0.1) is 11.3 Å². The highest BCUT2D eigenvalue weighted by Gasteiger charge is 2.01. The van der Waals surface area contributed by atoms with E-state index in [1.54, 1.807) is 0 Å². The highest BCUT2D eigenvalue weighted by atomic mass is 15.1. The number of hydrogen-bond acceptors (Lipinski definition) is 2. The smallest absolute Gasteiger partial charge is 0.0622 e. The van der Waals surface area contributed by atoms with Gasteiger partial charge in [-0.15, -0.1) is 0 Å². The second-order valence-corrected chi connectivity index (χ2v) is 4.60. The van der Waals surface area contributed by atoms with Crippen LogP contribution in [0.15, 0.2) is 54.6 Å². The number of hydrogen-bond donors (Lipinski definition) is 0. The third-order valence-corrected chi connectivity index (χ3v) is 3.20. The summed E-state index contributed by atoms with van der Waals surface area (Å²) in [6, 6.07) is 21.1. The fraction of sp³-hybridized carbons (Fsp3) is 0.235. The average Bonchev–Trinajstić information content (AvgIpc) is 2.48. The van der Waals surface area contributed by atoms with E-state index in [0.29, 0.717) is 6.42 Å². The summed E-state index contributed by atoms with van der Waals surface area (Å²) in [5.74, 6) is 0. The van der Waals surface area contributed by atoms with Crippen molar-refractivity contribution in [3.05, 3.63) is 54.6 Å². The van der Waals surface area contributed by atoms with Crippen LogP contribution in [0.1, 0.15) is 12.8 Å². The van der Waals surface area contributed by atoms with Gasteiger partial charge in [0.05, 0.1) is 6.07 Å². The molecule has 2 aromatic rings. The summed E-state index contributed by atoms with van der Waals surface area (Å²) < 4.78 is 0. The van der Waals surface area contributed by atoms with Crippen molar-refractivity contribution in [3.8, 4) is 17.2 Å². The molecule has 2 aromatic carbocycles. The Balaban J connectivity index is 2.04. The minimum Gasteiger partial charge on any atom is -0.375 e. The molecule has 0 saturated carbocycles. The molecule has 0 atom stereocenters. The fourth-order valence-corrected chi connectivity index (χ4v) is 2.06. The highest BCUT2D eigenvalue weighted by Crippen LogP contribution is 2.22. The van der Waals surface area contributed by atoms with Crippen molar-refractivity contribution >= 4 is 5.69 Å². The van der Waals surface area contributed by atoms with Gasteiger partial charge in [-0.2, -0.15) is 5.26 Å². The van der Waals surface area contributed by atoms with Crippen molar-refractivity contribution in [2.75, 3.05) is 18.5 Å². The molecule has 0 spiro atoms. The first-order valence-electron chi connectivity index (χ1n) is 6.55. The van der Waals surface area contributed by atoms with E-state index >= 15 is 0 Å². The predicted molar refractivity (Wildman–Crippen MR) is 80.0 cm³/mol. The lowest BCUT2D eigenvalue weighted by Gasteiger charge is -2.18. The molecule has 0 unspecified atom stereocenters. The second-order valence-electron chi connectivity index (χ2n) is 4.60. The Morgan fingerprint density at radius 3 is 2.21 bits per heavy atom. The first kappa shape index (κ1) is 13.2. The van der Waals surface area contributed by atoms with Gasteiger partial charge < -0.3 is 4.90 Å². The molecule has 0 amide bonds. The second kappa shape index (κ2) is 6.61. The van der Waals surface area contributed by atoms with Gasteiger partial charge in [-0.1, -0.05) is 42.5 Å². The quantitative estimate of drug-likeness (QED) is 0.747. The molecular formula is C17H18N2. The minimum absolute atomic E-state index is 0.617. The minimum atomic E-state index is 0.617. The maximum atomic E-state index is 8.54. The van der Waals surface area contributed by atoms with Gasteiger partial charge >= 0.3 is 0 Å². The monoisotopic (exact) mass is 250 g/mol. The number of nitriles is 1. The molecule has 0 heterocycles. The van der Waals surface area contributed by atoms with Crippen LogP contribution in [0.2, 0.25) is 0 Å². The summed E-state index contributed by atoms with van der Waals surface area (Å²) in [7, 11) is 2.06. The van der Waals surface area contributed by atoms with E-state index in [1.165, 1.54) is 16.8 Å². The third kappa shape index (κ3) is 3.59. The first-order chi connectivity index (χ1) is 9.31. The van der Waals surface area contributed by atoms with Crippen LogP contribution in [0.4, 0.5) is 5.69 Å². The number of rotatable bonds is 5. The van der Waals surface area contributed by atoms with Crippen LogP contribution in [0.3, 0.4) is 0 Å². The van der Waals surface area contributed by atoms with Gasteiger partial charge in [0.2, 0.25) is 0 Å². The molecule has 2 rings (SSSR count). The lowest BCUT2D eigenvalue weighted by molar-refractivity contribution is 0.807. The van der Waals surface area contributed by atoms with Crippen molar-refractivity contribution < 1.29 is 0 Å². The zero-order chi connectivity index (χ0) is 13.5. The van der Waals surface area contributed by atoms with E-state index in [4.69, 9.17) is 5.26 Å². The van der Waals surface area contributed by atoms with Crippen molar-refractivity contribution in [1.29, 1.82) is 5.26 Å². The molecule has 0 fully saturated rings. The molecule has 0 N–H and O–H groups in total. The van der Waals surface area contributed by atoms with Gasteiger partial charge in [-0.05, 0) is 29.7 Å². The van der Waals surface area contributed by atoms with Crippen LogP contribution < -0.4 is 4.90 Å². The van der Waals surface area contributed by atoms with Gasteiger partial charge in [-0.3, -0.25) is 0 Å². The van der Waals surface area contributed by atoms with Crippen LogP contribution in [-0.2, 0) is 0 Å².